The average Bonchev–Trinajstić information content (AvgIpc) is 2.71. The summed E-state index contributed by atoms with van der Waals surface area (Å²) in [5.41, 5.74) is 0.932. The van der Waals surface area contributed by atoms with Crippen LogP contribution in [0.25, 0.3) is 5.52 Å². The lowest BCUT2D eigenvalue weighted by molar-refractivity contribution is 0.102. The van der Waals surface area contributed by atoms with Gasteiger partial charge in [0, 0.05) is 11.8 Å². The van der Waals surface area contributed by atoms with Gasteiger partial charge in [0.1, 0.15) is 5.69 Å². The van der Waals surface area contributed by atoms with Gasteiger partial charge in [0.2, 0.25) is 5.78 Å². The molecular weight excluding hydrogens is 260 g/mol. The monoisotopic (exact) mass is 271 g/mol. The lowest BCUT2D eigenvalue weighted by atomic mass is 10.1. The Kier molecular flexibility index (Phi) is 2.86. The van der Waals surface area contributed by atoms with Crippen molar-refractivity contribution in [1.82, 2.24) is 4.40 Å². The van der Waals surface area contributed by atoms with Crippen molar-refractivity contribution in [3.8, 4) is 0 Å². The Hall–Kier alpha value is -2.49. The normalized spacial score (nSPS) is 10.9. The van der Waals surface area contributed by atoms with Crippen molar-refractivity contribution in [1.29, 1.82) is 0 Å². The number of pyridine rings is 1. The first-order chi connectivity index (χ1) is 9.59. The Morgan fingerprint density at radius 3 is 2.40 bits per heavy atom. The summed E-state index contributed by atoms with van der Waals surface area (Å²) < 4.78 is 29.2. The van der Waals surface area contributed by atoms with E-state index in [4.69, 9.17) is 0 Å². The number of ketones is 1. The predicted octanol–water partition coefficient (Wildman–Crippen LogP) is 3.76. The SMILES string of the molecule is Cc1ccc2c(F)c(F)c(C(=O)c3ccccc3)n2c1. The van der Waals surface area contributed by atoms with E-state index in [0.717, 1.165) is 5.56 Å². The molecule has 3 aromatic rings. The summed E-state index contributed by atoms with van der Waals surface area (Å²) in [6.45, 7) is 1.80. The average molecular weight is 271 g/mol. The third-order valence-electron chi connectivity index (χ3n) is 3.21. The first-order valence-corrected chi connectivity index (χ1v) is 6.15. The molecule has 1 aromatic carbocycles. The summed E-state index contributed by atoms with van der Waals surface area (Å²) in [5.74, 6) is -2.64. The molecule has 0 fully saturated rings. The molecule has 4 heteroatoms. The fourth-order valence-corrected chi connectivity index (χ4v) is 2.23. The number of rotatable bonds is 2. The first kappa shape index (κ1) is 12.5. The van der Waals surface area contributed by atoms with E-state index in [-0.39, 0.29) is 11.2 Å². The number of aryl methyl sites for hydroxylation is 1. The van der Waals surface area contributed by atoms with Crippen LogP contribution >= 0.6 is 0 Å². The molecule has 20 heavy (non-hydrogen) atoms. The molecule has 0 aliphatic rings. The molecule has 0 saturated heterocycles. The van der Waals surface area contributed by atoms with Crippen molar-refractivity contribution in [2.75, 3.05) is 0 Å². The minimum absolute atomic E-state index is 0.0624. The van der Waals surface area contributed by atoms with Crippen molar-refractivity contribution in [3.05, 3.63) is 77.1 Å². The molecule has 0 atom stereocenters. The van der Waals surface area contributed by atoms with Crippen LogP contribution in [-0.2, 0) is 0 Å². The third kappa shape index (κ3) is 1.81. The zero-order chi connectivity index (χ0) is 14.3. The lowest BCUT2D eigenvalue weighted by Gasteiger charge is -2.03. The van der Waals surface area contributed by atoms with Crippen molar-refractivity contribution < 1.29 is 13.6 Å². The summed E-state index contributed by atoms with van der Waals surface area (Å²) in [5, 5.41) is 0. The summed E-state index contributed by atoms with van der Waals surface area (Å²) >= 11 is 0. The van der Waals surface area contributed by atoms with E-state index in [0.29, 0.717) is 5.56 Å². The van der Waals surface area contributed by atoms with Crippen LogP contribution in [0.1, 0.15) is 21.6 Å². The highest BCUT2D eigenvalue weighted by atomic mass is 19.2. The highest BCUT2D eigenvalue weighted by Gasteiger charge is 2.24. The lowest BCUT2D eigenvalue weighted by Crippen LogP contribution is -2.07. The van der Waals surface area contributed by atoms with Gasteiger partial charge in [-0.2, -0.15) is 0 Å². The molecule has 0 aliphatic carbocycles. The molecule has 2 nitrogen and oxygen atoms in total. The van der Waals surface area contributed by atoms with Crippen molar-refractivity contribution in [3.63, 3.8) is 0 Å². The Labute approximate surface area is 114 Å². The Morgan fingerprint density at radius 2 is 1.70 bits per heavy atom. The number of benzene rings is 1. The van der Waals surface area contributed by atoms with Gasteiger partial charge < -0.3 is 4.40 Å². The van der Waals surface area contributed by atoms with Crippen LogP contribution in [0.4, 0.5) is 8.78 Å². The number of halogens is 2. The Balaban J connectivity index is 2.28. The van der Waals surface area contributed by atoms with Crippen molar-refractivity contribution >= 4 is 11.3 Å². The second kappa shape index (κ2) is 4.56. The van der Waals surface area contributed by atoms with Gasteiger partial charge in [-0.25, -0.2) is 8.78 Å². The number of aromatic nitrogens is 1. The predicted molar refractivity (Wildman–Crippen MR) is 71.9 cm³/mol. The molecule has 0 radical (unpaired) electrons. The molecule has 0 amide bonds. The van der Waals surface area contributed by atoms with E-state index in [1.165, 1.54) is 10.5 Å². The van der Waals surface area contributed by atoms with Crippen LogP contribution in [0.3, 0.4) is 0 Å². The summed E-state index contributed by atoms with van der Waals surface area (Å²) in [6, 6.07) is 11.4. The molecule has 0 aliphatic heterocycles. The minimum Gasteiger partial charge on any atom is -0.308 e. The molecule has 0 N–H and O–H groups in total. The molecule has 0 spiro atoms. The van der Waals surface area contributed by atoms with Gasteiger partial charge in [0.15, 0.2) is 11.6 Å². The zero-order valence-corrected chi connectivity index (χ0v) is 10.7. The van der Waals surface area contributed by atoms with Crippen LogP contribution in [0.15, 0.2) is 48.7 Å². The maximum Gasteiger partial charge on any atom is 0.212 e. The van der Waals surface area contributed by atoms with E-state index >= 15 is 0 Å². The summed E-state index contributed by atoms with van der Waals surface area (Å²) in [7, 11) is 0. The summed E-state index contributed by atoms with van der Waals surface area (Å²) in [4.78, 5) is 12.4. The third-order valence-corrected chi connectivity index (χ3v) is 3.21. The van der Waals surface area contributed by atoms with Crippen molar-refractivity contribution in [2.45, 2.75) is 6.92 Å². The first-order valence-electron chi connectivity index (χ1n) is 6.15. The van der Waals surface area contributed by atoms with Gasteiger partial charge in [0.25, 0.3) is 0 Å². The van der Waals surface area contributed by atoms with Gasteiger partial charge in [-0.05, 0) is 18.6 Å². The topological polar surface area (TPSA) is 21.5 Å². The van der Waals surface area contributed by atoms with Gasteiger partial charge in [-0.1, -0.05) is 36.4 Å². The van der Waals surface area contributed by atoms with Gasteiger partial charge in [-0.3, -0.25) is 4.79 Å². The fraction of sp³-hybridized carbons (Fsp3) is 0.0625. The maximum absolute atomic E-state index is 14.1. The van der Waals surface area contributed by atoms with E-state index < -0.39 is 17.4 Å². The molecular formula is C16H11F2NO. The Bertz CT molecular complexity index is 806. The second-order valence-corrected chi connectivity index (χ2v) is 4.63. The van der Waals surface area contributed by atoms with E-state index in [1.54, 1.807) is 49.5 Å². The Morgan fingerprint density at radius 1 is 1.00 bits per heavy atom. The van der Waals surface area contributed by atoms with Crippen LogP contribution in [0, 0.1) is 18.6 Å². The molecule has 2 heterocycles. The highest BCUT2D eigenvalue weighted by Crippen LogP contribution is 2.23. The molecule has 2 aromatic heterocycles. The van der Waals surface area contributed by atoms with E-state index in [9.17, 15) is 13.6 Å². The van der Waals surface area contributed by atoms with Crippen LogP contribution in [-0.4, -0.2) is 10.2 Å². The second-order valence-electron chi connectivity index (χ2n) is 4.63. The number of carbonyl (C=O) groups excluding carboxylic acids is 1. The number of carbonyl (C=O) groups is 1. The highest BCUT2D eigenvalue weighted by molar-refractivity contribution is 6.08. The quantitative estimate of drug-likeness (QED) is 0.650. The number of fused-ring (bicyclic) bond motifs is 1. The fourth-order valence-electron chi connectivity index (χ4n) is 2.23. The zero-order valence-electron chi connectivity index (χ0n) is 10.7. The number of hydrogen-bond donors (Lipinski definition) is 0. The molecule has 3 rings (SSSR count). The maximum atomic E-state index is 14.1. The van der Waals surface area contributed by atoms with Gasteiger partial charge in [0.05, 0.1) is 5.52 Å². The molecule has 0 saturated carbocycles. The molecule has 0 bridgehead atoms. The largest absolute Gasteiger partial charge is 0.308 e. The van der Waals surface area contributed by atoms with Crippen LogP contribution in [0.5, 0.6) is 0 Å². The van der Waals surface area contributed by atoms with Crippen LogP contribution < -0.4 is 0 Å². The number of hydrogen-bond acceptors (Lipinski definition) is 1. The van der Waals surface area contributed by atoms with E-state index in [1.807, 2.05) is 0 Å². The molecule has 100 valence electrons. The van der Waals surface area contributed by atoms with Gasteiger partial charge in [-0.15, -0.1) is 0 Å². The molecule has 0 unspecified atom stereocenters. The van der Waals surface area contributed by atoms with E-state index in [2.05, 4.69) is 0 Å². The summed E-state index contributed by atoms with van der Waals surface area (Å²) in [6.07, 6.45) is 1.55. The van der Waals surface area contributed by atoms with Crippen molar-refractivity contribution in [2.24, 2.45) is 0 Å². The standard InChI is InChI=1S/C16H11F2NO/c1-10-7-8-12-13(17)14(18)15(19(12)9-10)16(20)11-5-3-2-4-6-11/h2-9H,1H3. The minimum atomic E-state index is -1.11. The number of nitrogens with zero attached hydrogens (tertiary/aromatic N) is 1. The smallest absolute Gasteiger partial charge is 0.212 e. The van der Waals surface area contributed by atoms with Crippen LogP contribution in [0.2, 0.25) is 0 Å². The van der Waals surface area contributed by atoms with Gasteiger partial charge >= 0.3 is 0 Å².